The fraction of sp³-hybridized carbons (Fsp3) is 0.800. The van der Waals surface area contributed by atoms with Gasteiger partial charge >= 0.3 is 0 Å². The van der Waals surface area contributed by atoms with Crippen LogP contribution in [0.1, 0.15) is 6.42 Å². The van der Waals surface area contributed by atoms with E-state index in [4.69, 9.17) is 10.00 Å². The number of carbonyl (C=O) groups excluding carboxylic acids is 1. The van der Waals surface area contributed by atoms with Crippen LogP contribution in [0.2, 0.25) is 0 Å². The molecular formula is C10H19N3O2. The molecule has 0 N–H and O–H groups in total. The van der Waals surface area contributed by atoms with E-state index < -0.39 is 0 Å². The molecule has 0 aliphatic rings. The molecule has 1 amide bonds. The second-order valence-corrected chi connectivity index (χ2v) is 3.52. The maximum Gasteiger partial charge on any atom is 0.236 e. The molecule has 15 heavy (non-hydrogen) atoms. The Bertz CT molecular complexity index is 223. The molecule has 0 saturated heterocycles. The number of likely N-dealkylation sites (N-methyl/N-ethyl adjacent to an activating group) is 1. The molecule has 0 bridgehead atoms. The Hall–Kier alpha value is -1.12. The Labute approximate surface area is 91.2 Å². The molecule has 5 heteroatoms. The Kier molecular flexibility index (Phi) is 7.60. The number of amides is 1. The highest BCUT2D eigenvalue weighted by Gasteiger charge is 2.13. The Morgan fingerprint density at radius 1 is 1.40 bits per heavy atom. The summed E-state index contributed by atoms with van der Waals surface area (Å²) in [4.78, 5) is 15.2. The first-order chi connectivity index (χ1) is 7.11. The summed E-state index contributed by atoms with van der Waals surface area (Å²) in [5.41, 5.74) is 0. The van der Waals surface area contributed by atoms with Crippen molar-refractivity contribution in [1.29, 1.82) is 5.26 Å². The minimum atomic E-state index is 0.0345. The first-order valence-electron chi connectivity index (χ1n) is 4.90. The van der Waals surface area contributed by atoms with E-state index in [2.05, 4.69) is 0 Å². The van der Waals surface area contributed by atoms with Crippen molar-refractivity contribution in [3.63, 3.8) is 0 Å². The number of nitriles is 1. The van der Waals surface area contributed by atoms with E-state index in [1.807, 2.05) is 25.1 Å². The summed E-state index contributed by atoms with van der Waals surface area (Å²) in [6.45, 7) is 1.90. The van der Waals surface area contributed by atoms with Crippen LogP contribution in [0.15, 0.2) is 0 Å². The predicted octanol–water partition coefficient (Wildman–Crippen LogP) is -0.0633. The van der Waals surface area contributed by atoms with Gasteiger partial charge in [-0.3, -0.25) is 4.79 Å². The lowest BCUT2D eigenvalue weighted by Gasteiger charge is -2.22. The molecule has 0 aliphatic heterocycles. The first-order valence-corrected chi connectivity index (χ1v) is 4.90. The molecule has 86 valence electrons. The van der Waals surface area contributed by atoms with Crippen molar-refractivity contribution in [2.24, 2.45) is 0 Å². The minimum absolute atomic E-state index is 0.0345. The number of ether oxygens (including phenoxy) is 1. The predicted molar refractivity (Wildman–Crippen MR) is 57.2 cm³/mol. The highest BCUT2D eigenvalue weighted by Crippen LogP contribution is 1.94. The highest BCUT2D eigenvalue weighted by molar-refractivity contribution is 5.78. The lowest BCUT2D eigenvalue weighted by atomic mass is 10.3. The van der Waals surface area contributed by atoms with Crippen molar-refractivity contribution < 1.29 is 9.53 Å². The average molecular weight is 213 g/mol. The molecule has 0 aliphatic carbocycles. The molecule has 0 aromatic rings. The van der Waals surface area contributed by atoms with Gasteiger partial charge in [-0.1, -0.05) is 0 Å². The van der Waals surface area contributed by atoms with Crippen LogP contribution in [0.4, 0.5) is 0 Å². The summed E-state index contributed by atoms with van der Waals surface area (Å²) in [5, 5.41) is 8.47. The second kappa shape index (κ2) is 8.21. The van der Waals surface area contributed by atoms with Crippen molar-refractivity contribution in [1.82, 2.24) is 9.80 Å². The number of methoxy groups -OCH3 is 1. The van der Waals surface area contributed by atoms with E-state index in [0.717, 1.165) is 0 Å². The normalized spacial score (nSPS) is 10.1. The van der Waals surface area contributed by atoms with Gasteiger partial charge in [0.05, 0.1) is 25.6 Å². The number of nitrogens with zero attached hydrogens (tertiary/aromatic N) is 3. The van der Waals surface area contributed by atoms with Crippen LogP contribution in [0, 0.1) is 11.3 Å². The molecular weight excluding hydrogens is 194 g/mol. The van der Waals surface area contributed by atoms with Crippen molar-refractivity contribution >= 4 is 5.91 Å². The van der Waals surface area contributed by atoms with Crippen LogP contribution in [0.25, 0.3) is 0 Å². The van der Waals surface area contributed by atoms with E-state index in [9.17, 15) is 4.79 Å². The lowest BCUT2D eigenvalue weighted by Crippen LogP contribution is -2.40. The summed E-state index contributed by atoms with van der Waals surface area (Å²) in [6, 6.07) is 2.03. The fourth-order valence-electron chi connectivity index (χ4n) is 1.12. The molecule has 0 aromatic carbocycles. The van der Waals surface area contributed by atoms with Crippen LogP contribution in [0.5, 0.6) is 0 Å². The van der Waals surface area contributed by atoms with Gasteiger partial charge in [-0.25, -0.2) is 0 Å². The minimum Gasteiger partial charge on any atom is -0.383 e. The van der Waals surface area contributed by atoms with Gasteiger partial charge in [-0.05, 0) is 14.1 Å². The summed E-state index contributed by atoms with van der Waals surface area (Å²) >= 11 is 0. The molecule has 0 radical (unpaired) electrons. The Morgan fingerprint density at radius 3 is 2.53 bits per heavy atom. The zero-order valence-corrected chi connectivity index (χ0v) is 9.69. The summed E-state index contributed by atoms with van der Waals surface area (Å²) in [7, 11) is 5.28. The van der Waals surface area contributed by atoms with Gasteiger partial charge in [0.25, 0.3) is 0 Å². The van der Waals surface area contributed by atoms with Crippen molar-refractivity contribution in [3.05, 3.63) is 0 Å². The Morgan fingerprint density at radius 2 is 2.07 bits per heavy atom. The smallest absolute Gasteiger partial charge is 0.236 e. The molecule has 5 nitrogen and oxygen atoms in total. The number of rotatable bonds is 7. The van der Waals surface area contributed by atoms with Crippen molar-refractivity contribution in [3.8, 4) is 6.07 Å². The standard InChI is InChI=1S/C10H19N3O2/c1-12(2)9-10(14)13(6-4-5-11)7-8-15-3/h4,6-9H2,1-3H3. The first kappa shape index (κ1) is 13.9. The maximum absolute atomic E-state index is 11.7. The van der Waals surface area contributed by atoms with Gasteiger partial charge < -0.3 is 14.5 Å². The summed E-state index contributed by atoms with van der Waals surface area (Å²) < 4.78 is 4.92. The zero-order valence-electron chi connectivity index (χ0n) is 9.69. The zero-order chi connectivity index (χ0) is 11.7. The van der Waals surface area contributed by atoms with Crippen LogP contribution < -0.4 is 0 Å². The average Bonchev–Trinajstić information content (AvgIpc) is 2.17. The second-order valence-electron chi connectivity index (χ2n) is 3.52. The van der Waals surface area contributed by atoms with E-state index >= 15 is 0 Å². The van der Waals surface area contributed by atoms with Crippen molar-refractivity contribution in [2.75, 3.05) is 47.4 Å². The fourth-order valence-corrected chi connectivity index (χ4v) is 1.12. The van der Waals surface area contributed by atoms with Crippen LogP contribution >= 0.6 is 0 Å². The molecule has 0 saturated carbocycles. The van der Waals surface area contributed by atoms with Gasteiger partial charge in [0, 0.05) is 20.2 Å². The van der Waals surface area contributed by atoms with Gasteiger partial charge in [-0.15, -0.1) is 0 Å². The van der Waals surface area contributed by atoms with Crippen LogP contribution in [0.3, 0.4) is 0 Å². The van der Waals surface area contributed by atoms with Gasteiger partial charge in [-0.2, -0.15) is 5.26 Å². The van der Waals surface area contributed by atoms with Crippen molar-refractivity contribution in [2.45, 2.75) is 6.42 Å². The summed E-state index contributed by atoms with van der Waals surface area (Å²) in [6.07, 6.45) is 0.364. The number of carbonyl (C=O) groups is 1. The van der Waals surface area contributed by atoms with E-state index in [1.165, 1.54) is 0 Å². The molecule has 0 rings (SSSR count). The largest absolute Gasteiger partial charge is 0.383 e. The number of hydrogen-bond acceptors (Lipinski definition) is 4. The van der Waals surface area contributed by atoms with Crippen LogP contribution in [-0.4, -0.2) is 63.2 Å². The molecule has 0 atom stereocenters. The molecule has 0 fully saturated rings. The SMILES string of the molecule is COCCN(CCC#N)C(=O)CN(C)C. The molecule has 0 heterocycles. The van der Waals surface area contributed by atoms with E-state index in [-0.39, 0.29) is 5.91 Å². The maximum atomic E-state index is 11.7. The lowest BCUT2D eigenvalue weighted by molar-refractivity contribution is -0.132. The third kappa shape index (κ3) is 6.89. The van der Waals surface area contributed by atoms with Gasteiger partial charge in [0.15, 0.2) is 0 Å². The molecule has 0 aromatic heterocycles. The monoisotopic (exact) mass is 213 g/mol. The third-order valence-corrected chi connectivity index (χ3v) is 1.86. The highest BCUT2D eigenvalue weighted by atomic mass is 16.5. The number of hydrogen-bond donors (Lipinski definition) is 0. The van der Waals surface area contributed by atoms with Crippen LogP contribution in [-0.2, 0) is 9.53 Å². The van der Waals surface area contributed by atoms with E-state index in [0.29, 0.717) is 32.7 Å². The third-order valence-electron chi connectivity index (χ3n) is 1.86. The Balaban J connectivity index is 4.08. The van der Waals surface area contributed by atoms with Gasteiger partial charge in [0.1, 0.15) is 0 Å². The quantitative estimate of drug-likeness (QED) is 0.594. The van der Waals surface area contributed by atoms with E-state index in [1.54, 1.807) is 12.0 Å². The molecule has 0 unspecified atom stereocenters. The topological polar surface area (TPSA) is 56.6 Å². The molecule has 0 spiro atoms. The summed E-state index contributed by atoms with van der Waals surface area (Å²) in [5.74, 6) is 0.0345. The van der Waals surface area contributed by atoms with Gasteiger partial charge in [0.2, 0.25) is 5.91 Å².